The van der Waals surface area contributed by atoms with Gasteiger partial charge in [-0.25, -0.2) is 30.4 Å². The van der Waals surface area contributed by atoms with Gasteiger partial charge < -0.3 is 0 Å². The van der Waals surface area contributed by atoms with Crippen LogP contribution in [0.15, 0.2) is 10.8 Å². The predicted molar refractivity (Wildman–Crippen MR) is 62.7 cm³/mol. The van der Waals surface area contributed by atoms with Crippen LogP contribution in [0.4, 0.5) is 26.3 Å². The highest BCUT2D eigenvalue weighted by Crippen LogP contribution is 2.37. The molecule has 0 radical (unpaired) electrons. The number of alkyl halides is 6. The number of rotatable bonds is 3. The highest BCUT2D eigenvalue weighted by atomic mass is 32.3. The van der Waals surface area contributed by atoms with E-state index in [2.05, 4.69) is 5.14 Å². The van der Waals surface area contributed by atoms with Gasteiger partial charge in [0.1, 0.15) is 0 Å². The Kier molecular flexibility index (Phi) is 7.14. The third kappa shape index (κ3) is 6.09. The Bertz CT molecular complexity index is 668. The molecule has 0 heterocycles. The summed E-state index contributed by atoms with van der Waals surface area (Å²) in [7, 11) is -16.4. The summed E-state index contributed by atoms with van der Waals surface area (Å²) in [5, 5.41) is 4.51. The fourth-order valence-corrected chi connectivity index (χ4v) is 2.64. The zero-order valence-corrected chi connectivity index (χ0v) is 12.9. The maximum absolute atomic E-state index is 11.7. The summed E-state index contributed by atoms with van der Waals surface area (Å²) in [6.45, 7) is 3.31. The van der Waals surface area contributed by atoms with Crippen molar-refractivity contribution >= 4 is 29.7 Å². The van der Waals surface area contributed by atoms with Crippen LogP contribution >= 0.6 is 0 Å². The lowest BCUT2D eigenvalue weighted by Gasteiger charge is -2.12. The van der Waals surface area contributed by atoms with Crippen molar-refractivity contribution in [3.8, 4) is 0 Å². The third-order valence-electron chi connectivity index (χ3n) is 1.61. The smallest absolute Gasteiger partial charge is 0.229 e. The number of halogens is 6. The molecule has 134 valence electrons. The number of hydrogen-bond acceptors (Lipinski definition) is 6. The van der Waals surface area contributed by atoms with Gasteiger partial charge in [0.15, 0.2) is 4.24 Å². The van der Waals surface area contributed by atoms with E-state index in [-0.39, 0.29) is 5.75 Å². The summed E-state index contributed by atoms with van der Waals surface area (Å²) < 4.78 is 128. The molecule has 0 fully saturated rings. The minimum absolute atomic E-state index is 0.0208. The van der Waals surface area contributed by atoms with E-state index in [0.717, 1.165) is 0 Å². The van der Waals surface area contributed by atoms with Crippen LogP contribution in [0.5, 0.6) is 0 Å². The molecule has 0 aromatic carbocycles. The van der Waals surface area contributed by atoms with Crippen LogP contribution in [-0.2, 0) is 29.7 Å². The van der Waals surface area contributed by atoms with Gasteiger partial charge >= 0.3 is 11.0 Å². The maximum Gasteiger partial charge on any atom is 0.502 e. The molecule has 2 N–H and O–H groups in total. The molecule has 0 saturated heterocycles. The van der Waals surface area contributed by atoms with Gasteiger partial charge in [0.2, 0.25) is 10.0 Å². The van der Waals surface area contributed by atoms with Crippen molar-refractivity contribution in [2.75, 3.05) is 5.75 Å². The molecule has 0 bridgehead atoms. The van der Waals surface area contributed by atoms with E-state index in [1.165, 1.54) is 6.92 Å². The Hall–Kier alpha value is -0.870. The SMILES string of the molecule is C=C(S(=O)(=O)C(F)(F)F)S(=O)(=O)C(F)(F)F.CCS(N)(=O)=O. The number of sulfonamides is 1. The summed E-state index contributed by atoms with van der Waals surface area (Å²) in [6.07, 6.45) is 0. The van der Waals surface area contributed by atoms with E-state index >= 15 is 0 Å². The second-order valence-electron chi connectivity index (χ2n) is 3.22. The minimum Gasteiger partial charge on any atom is -0.229 e. The number of sulfone groups is 2. The van der Waals surface area contributed by atoms with Crippen molar-refractivity contribution in [2.24, 2.45) is 5.14 Å². The van der Waals surface area contributed by atoms with Gasteiger partial charge in [-0.1, -0.05) is 6.58 Å². The van der Waals surface area contributed by atoms with Crippen LogP contribution < -0.4 is 5.14 Å². The van der Waals surface area contributed by atoms with E-state index in [9.17, 15) is 51.6 Å². The van der Waals surface area contributed by atoms with Crippen molar-refractivity contribution in [2.45, 2.75) is 17.9 Å². The van der Waals surface area contributed by atoms with E-state index in [1.54, 1.807) is 0 Å². The normalized spacial score (nSPS) is 14.0. The maximum atomic E-state index is 11.7. The molecule has 0 rings (SSSR count). The molecule has 7 nitrogen and oxygen atoms in total. The van der Waals surface area contributed by atoms with E-state index in [0.29, 0.717) is 0 Å². The summed E-state index contributed by atoms with van der Waals surface area (Å²) in [6, 6.07) is 0. The molecule has 0 unspecified atom stereocenters. The summed E-state index contributed by atoms with van der Waals surface area (Å²) >= 11 is 0. The molecule has 0 amide bonds. The summed E-state index contributed by atoms with van der Waals surface area (Å²) in [5.74, 6) is 0.0208. The van der Waals surface area contributed by atoms with E-state index < -0.39 is 45.0 Å². The Morgan fingerprint density at radius 2 is 1.05 bits per heavy atom. The third-order valence-corrected chi connectivity index (χ3v) is 6.15. The lowest BCUT2D eigenvalue weighted by molar-refractivity contribution is -0.0443. The van der Waals surface area contributed by atoms with Crippen molar-refractivity contribution < 1.29 is 51.6 Å². The second-order valence-corrected chi connectivity index (χ2v) is 9.31. The first kappa shape index (κ1) is 23.4. The van der Waals surface area contributed by atoms with Gasteiger partial charge in [0.25, 0.3) is 19.7 Å². The van der Waals surface area contributed by atoms with Crippen LogP contribution in [-0.4, -0.2) is 42.0 Å². The van der Waals surface area contributed by atoms with Crippen LogP contribution in [0, 0.1) is 0 Å². The largest absolute Gasteiger partial charge is 0.502 e. The van der Waals surface area contributed by atoms with Crippen molar-refractivity contribution in [1.82, 2.24) is 0 Å². The Morgan fingerprint density at radius 3 is 1.14 bits per heavy atom. The molecule has 22 heavy (non-hydrogen) atoms. The average molecular weight is 401 g/mol. The number of nitrogens with two attached hydrogens (primary N) is 1. The first-order valence-electron chi connectivity index (χ1n) is 4.54. The lowest BCUT2D eigenvalue weighted by atomic mass is 11.0. The van der Waals surface area contributed by atoms with Crippen LogP contribution in [0.2, 0.25) is 0 Å². The van der Waals surface area contributed by atoms with Crippen molar-refractivity contribution in [3.05, 3.63) is 10.8 Å². The first-order valence-corrected chi connectivity index (χ1v) is 9.22. The van der Waals surface area contributed by atoms with Crippen molar-refractivity contribution in [1.29, 1.82) is 0 Å². The van der Waals surface area contributed by atoms with Gasteiger partial charge in [-0.15, -0.1) is 0 Å². The van der Waals surface area contributed by atoms with Crippen LogP contribution in [0.1, 0.15) is 6.92 Å². The molecule has 0 aromatic rings. The Morgan fingerprint density at radius 1 is 0.864 bits per heavy atom. The van der Waals surface area contributed by atoms with Gasteiger partial charge in [-0.05, 0) is 6.92 Å². The molecular formula is C6H9F6NO6S3. The van der Waals surface area contributed by atoms with Gasteiger partial charge in [0.05, 0.1) is 5.75 Å². The molecule has 0 aromatic heterocycles. The molecule has 0 aliphatic rings. The quantitative estimate of drug-likeness (QED) is 0.691. The highest BCUT2D eigenvalue weighted by molar-refractivity contribution is 8.15. The van der Waals surface area contributed by atoms with Gasteiger partial charge in [-0.3, -0.25) is 0 Å². The molecule has 0 aliphatic carbocycles. The zero-order chi connectivity index (χ0) is 18.8. The second kappa shape index (κ2) is 6.71. The van der Waals surface area contributed by atoms with Gasteiger partial charge in [-0.2, -0.15) is 26.3 Å². The summed E-state index contributed by atoms with van der Waals surface area (Å²) in [4.78, 5) is 0. The topological polar surface area (TPSA) is 128 Å². The first-order chi connectivity index (χ1) is 9.22. The molecule has 0 spiro atoms. The van der Waals surface area contributed by atoms with Crippen LogP contribution in [0.25, 0.3) is 0 Å². The highest BCUT2D eigenvalue weighted by Gasteiger charge is 2.58. The Balaban J connectivity index is 0. The molecular weight excluding hydrogens is 392 g/mol. The number of hydrogen-bond donors (Lipinski definition) is 1. The van der Waals surface area contributed by atoms with Gasteiger partial charge in [0, 0.05) is 0 Å². The Labute approximate surface area is 121 Å². The monoisotopic (exact) mass is 401 g/mol. The lowest BCUT2D eigenvalue weighted by Crippen LogP contribution is -2.33. The van der Waals surface area contributed by atoms with E-state index in [1.807, 2.05) is 6.58 Å². The minimum atomic E-state index is -6.62. The molecule has 0 atom stereocenters. The standard InChI is InChI=1S/C4H2F6O4S2.C2H7NO2S/c1-2(15(11,12)3(5,6)7)16(13,14)4(8,9)10;1-2-6(3,4)5/h1H2;2H2,1H3,(H2,3,4,5). The zero-order valence-electron chi connectivity index (χ0n) is 10.4. The molecule has 16 heteroatoms. The number of primary sulfonamides is 1. The average Bonchev–Trinajstić information content (AvgIpc) is 2.24. The fraction of sp³-hybridized carbons (Fsp3) is 0.667. The van der Waals surface area contributed by atoms with Crippen LogP contribution in [0.3, 0.4) is 0 Å². The molecule has 0 saturated carbocycles. The molecule has 0 aliphatic heterocycles. The van der Waals surface area contributed by atoms with Crippen molar-refractivity contribution in [3.63, 3.8) is 0 Å². The fourth-order valence-electron chi connectivity index (χ4n) is 0.403. The summed E-state index contributed by atoms with van der Waals surface area (Å²) in [5.41, 5.74) is -12.3. The van der Waals surface area contributed by atoms with E-state index in [4.69, 9.17) is 0 Å². The predicted octanol–water partition coefficient (Wildman–Crippen LogP) is 0.622.